The fourth-order valence-corrected chi connectivity index (χ4v) is 0.214. The zero-order chi connectivity index (χ0) is 9.28. The third-order valence-corrected chi connectivity index (χ3v) is 0.553. The molecule has 6 nitrogen and oxygen atoms in total. The number of carbonyl (C=O) groups is 2. The van der Waals surface area contributed by atoms with Crippen LogP contribution in [-0.2, 0) is 9.59 Å². The van der Waals surface area contributed by atoms with Crippen LogP contribution in [-0.4, -0.2) is 28.8 Å². The maximum atomic E-state index is 9.64. The molecule has 0 aromatic rings. The van der Waals surface area contributed by atoms with Crippen LogP contribution in [0.3, 0.4) is 0 Å². The molecule has 0 amide bonds. The minimum atomic E-state index is -1.08. The van der Waals surface area contributed by atoms with Crippen LogP contribution in [0.2, 0.25) is 0 Å². The first-order chi connectivity index (χ1) is 5.04. The predicted octanol–water partition coefficient (Wildman–Crippen LogP) is -1.20. The van der Waals surface area contributed by atoms with Gasteiger partial charge in [-0.15, -0.1) is 0 Å². The first-order valence-electron chi connectivity index (χ1n) is 2.88. The highest BCUT2D eigenvalue weighted by Crippen LogP contribution is 1.85. The van der Waals surface area contributed by atoms with Gasteiger partial charge in [0.1, 0.15) is 0 Å². The maximum absolute atomic E-state index is 9.64. The van der Waals surface area contributed by atoms with Gasteiger partial charge in [0.25, 0.3) is 0 Å². The number of hydrogen-bond acceptors (Lipinski definition) is 4. The van der Waals surface area contributed by atoms with E-state index in [2.05, 4.69) is 11.5 Å². The van der Waals surface area contributed by atoms with Gasteiger partial charge in [-0.2, -0.15) is 0 Å². The van der Waals surface area contributed by atoms with Crippen LogP contribution in [0.25, 0.3) is 0 Å². The lowest BCUT2D eigenvalue weighted by molar-refractivity contribution is -0.143. The first kappa shape index (κ1) is 12.5. The van der Waals surface area contributed by atoms with Crippen LogP contribution in [0.4, 0.5) is 0 Å². The summed E-state index contributed by atoms with van der Waals surface area (Å²) in [5, 5.41) is 15.8. The Hall–Kier alpha value is -1.14. The van der Waals surface area contributed by atoms with E-state index in [1.54, 1.807) is 0 Å². The molecule has 0 rings (SSSR count). The molecule has 0 aromatic carbocycles. The number of carboxylic acid groups (broad SMARTS) is 2. The molecular formula is C5H12N2O4. The molecule has 0 bridgehead atoms. The largest absolute Gasteiger partial charge is 0.481 e. The topological polar surface area (TPSA) is 127 Å². The summed E-state index contributed by atoms with van der Waals surface area (Å²) in [4.78, 5) is 19.3. The highest BCUT2D eigenvalue weighted by Gasteiger charge is 2.00. The number of aliphatic carboxylic acids is 2. The second kappa shape index (κ2) is 8.86. The molecule has 0 aliphatic carbocycles. The highest BCUT2D eigenvalue weighted by molar-refractivity contribution is 5.75. The monoisotopic (exact) mass is 164 g/mol. The second-order valence-corrected chi connectivity index (χ2v) is 1.52. The van der Waals surface area contributed by atoms with Crippen LogP contribution < -0.4 is 11.5 Å². The van der Waals surface area contributed by atoms with E-state index in [-0.39, 0.29) is 19.5 Å². The van der Waals surface area contributed by atoms with Gasteiger partial charge >= 0.3 is 11.9 Å². The molecule has 0 saturated heterocycles. The number of hydrogen-bond donors (Lipinski definition) is 4. The van der Waals surface area contributed by atoms with E-state index in [1.165, 1.54) is 0 Å². The molecule has 0 aliphatic heterocycles. The van der Waals surface area contributed by atoms with Crippen molar-refractivity contribution < 1.29 is 19.8 Å². The number of nitrogens with two attached hydrogens (primary N) is 2. The van der Waals surface area contributed by atoms with Gasteiger partial charge < -0.3 is 21.7 Å². The molecule has 6 N–H and O–H groups in total. The Kier molecular flexibility index (Phi) is 10.1. The van der Waals surface area contributed by atoms with Crippen molar-refractivity contribution in [1.82, 2.24) is 0 Å². The normalized spacial score (nSPS) is 7.82. The highest BCUT2D eigenvalue weighted by atomic mass is 16.4. The van der Waals surface area contributed by atoms with E-state index in [1.807, 2.05) is 0 Å². The smallest absolute Gasteiger partial charge is 0.303 e. The lowest BCUT2D eigenvalue weighted by Crippen LogP contribution is -2.08. The van der Waals surface area contributed by atoms with Crippen molar-refractivity contribution in [3.05, 3.63) is 0 Å². The SMILES string of the molecule is NCN.O=C(O)CCC(=O)O. The molecule has 0 radical (unpaired) electrons. The minimum absolute atomic E-state index is 0.250. The van der Waals surface area contributed by atoms with Crippen molar-refractivity contribution in [2.45, 2.75) is 12.8 Å². The van der Waals surface area contributed by atoms with Gasteiger partial charge in [-0.3, -0.25) is 9.59 Å². The van der Waals surface area contributed by atoms with Gasteiger partial charge in [0.15, 0.2) is 0 Å². The van der Waals surface area contributed by atoms with E-state index in [0.29, 0.717) is 0 Å². The minimum Gasteiger partial charge on any atom is -0.481 e. The summed E-state index contributed by atoms with van der Waals surface area (Å²) in [6.45, 7) is 0.250. The molecule has 0 heterocycles. The Labute approximate surface area is 63.8 Å². The molecule has 66 valence electrons. The molecule has 0 spiro atoms. The Morgan fingerprint density at radius 1 is 1.00 bits per heavy atom. The van der Waals surface area contributed by atoms with E-state index < -0.39 is 11.9 Å². The van der Waals surface area contributed by atoms with Gasteiger partial charge in [-0.25, -0.2) is 0 Å². The van der Waals surface area contributed by atoms with Gasteiger partial charge in [-0.1, -0.05) is 0 Å². The summed E-state index contributed by atoms with van der Waals surface area (Å²) in [5.74, 6) is -2.15. The molecule has 0 atom stereocenters. The summed E-state index contributed by atoms with van der Waals surface area (Å²) < 4.78 is 0. The summed E-state index contributed by atoms with van der Waals surface area (Å²) in [6, 6.07) is 0. The zero-order valence-corrected chi connectivity index (χ0v) is 5.99. The van der Waals surface area contributed by atoms with E-state index in [4.69, 9.17) is 10.2 Å². The molecular weight excluding hydrogens is 152 g/mol. The zero-order valence-electron chi connectivity index (χ0n) is 5.99. The second-order valence-electron chi connectivity index (χ2n) is 1.52. The van der Waals surface area contributed by atoms with Crippen molar-refractivity contribution in [3.8, 4) is 0 Å². The van der Waals surface area contributed by atoms with E-state index in [9.17, 15) is 9.59 Å². The van der Waals surface area contributed by atoms with Gasteiger partial charge in [0, 0.05) is 6.67 Å². The average molecular weight is 164 g/mol. The Balaban J connectivity index is 0. The van der Waals surface area contributed by atoms with E-state index in [0.717, 1.165) is 0 Å². The van der Waals surface area contributed by atoms with Crippen molar-refractivity contribution in [2.24, 2.45) is 11.5 Å². The molecule has 11 heavy (non-hydrogen) atoms. The molecule has 0 fully saturated rings. The Morgan fingerprint density at radius 2 is 1.18 bits per heavy atom. The molecule has 6 heteroatoms. The quantitative estimate of drug-likeness (QED) is 0.388. The summed E-state index contributed by atoms with van der Waals surface area (Å²) in [5.41, 5.74) is 9.25. The van der Waals surface area contributed by atoms with Gasteiger partial charge in [-0.05, 0) is 0 Å². The van der Waals surface area contributed by atoms with Crippen LogP contribution in [0.5, 0.6) is 0 Å². The van der Waals surface area contributed by atoms with Crippen molar-refractivity contribution in [3.63, 3.8) is 0 Å². The fourth-order valence-electron chi connectivity index (χ4n) is 0.214. The summed E-state index contributed by atoms with van der Waals surface area (Å²) in [7, 11) is 0. The predicted molar refractivity (Wildman–Crippen MR) is 37.7 cm³/mol. The standard InChI is InChI=1S/C4H6O4.CH6N2/c5-3(6)1-2-4(7)8;2-1-3/h1-2H2,(H,5,6)(H,7,8);1-3H2. The maximum Gasteiger partial charge on any atom is 0.303 e. The molecule has 0 aliphatic rings. The lowest BCUT2D eigenvalue weighted by atomic mass is 10.3. The third-order valence-electron chi connectivity index (χ3n) is 0.553. The van der Waals surface area contributed by atoms with Crippen LogP contribution in [0.15, 0.2) is 0 Å². The fraction of sp³-hybridized carbons (Fsp3) is 0.600. The molecule has 0 unspecified atom stereocenters. The summed E-state index contributed by atoms with van der Waals surface area (Å²) >= 11 is 0. The number of rotatable bonds is 3. The molecule has 0 aromatic heterocycles. The van der Waals surface area contributed by atoms with Crippen molar-refractivity contribution >= 4 is 11.9 Å². The Bertz CT molecular complexity index is 112. The lowest BCUT2D eigenvalue weighted by Gasteiger charge is -1.85. The number of carboxylic acids is 2. The molecule has 0 saturated carbocycles. The van der Waals surface area contributed by atoms with Crippen LogP contribution >= 0.6 is 0 Å². The van der Waals surface area contributed by atoms with Gasteiger partial charge in [0.05, 0.1) is 12.8 Å². The Morgan fingerprint density at radius 3 is 1.27 bits per heavy atom. The van der Waals surface area contributed by atoms with Crippen LogP contribution in [0, 0.1) is 0 Å². The first-order valence-corrected chi connectivity index (χ1v) is 2.88. The van der Waals surface area contributed by atoms with Gasteiger partial charge in [0.2, 0.25) is 0 Å². The third kappa shape index (κ3) is 28.0. The van der Waals surface area contributed by atoms with Crippen molar-refractivity contribution in [1.29, 1.82) is 0 Å². The average Bonchev–Trinajstić information content (AvgIpc) is 1.85. The summed E-state index contributed by atoms with van der Waals surface area (Å²) in [6.07, 6.45) is -0.593. The van der Waals surface area contributed by atoms with Crippen molar-refractivity contribution in [2.75, 3.05) is 6.67 Å². The van der Waals surface area contributed by atoms with Crippen LogP contribution in [0.1, 0.15) is 12.8 Å². The van der Waals surface area contributed by atoms with E-state index >= 15 is 0 Å².